The van der Waals surface area contributed by atoms with Crippen LogP contribution >= 0.6 is 0 Å². The molecule has 0 radical (unpaired) electrons. The number of hydrogen-bond donors (Lipinski definition) is 2. The predicted octanol–water partition coefficient (Wildman–Crippen LogP) is 3.48. The summed E-state index contributed by atoms with van der Waals surface area (Å²) in [6.45, 7) is 2.19. The van der Waals surface area contributed by atoms with Gasteiger partial charge in [-0.1, -0.05) is 36.4 Å². The highest BCUT2D eigenvalue weighted by atomic mass is 19.1. The molecule has 41 heavy (non-hydrogen) atoms. The van der Waals surface area contributed by atoms with Gasteiger partial charge in [0.05, 0.1) is 24.2 Å². The van der Waals surface area contributed by atoms with Crippen LogP contribution in [0.15, 0.2) is 78.1 Å². The van der Waals surface area contributed by atoms with Gasteiger partial charge >= 0.3 is 0 Å². The van der Waals surface area contributed by atoms with E-state index in [2.05, 4.69) is 20.0 Å². The lowest BCUT2D eigenvalue weighted by Crippen LogP contribution is -2.47. The predicted molar refractivity (Wildman–Crippen MR) is 155 cm³/mol. The first-order chi connectivity index (χ1) is 19.8. The Bertz CT molecular complexity index is 1740. The first-order valence-electron chi connectivity index (χ1n) is 13.7. The molecule has 4 heterocycles. The highest BCUT2D eigenvalue weighted by Gasteiger charge is 2.33. The van der Waals surface area contributed by atoms with Crippen LogP contribution in [-0.4, -0.2) is 53.0 Å². The highest BCUT2D eigenvalue weighted by Crippen LogP contribution is 2.28. The van der Waals surface area contributed by atoms with Crippen molar-refractivity contribution in [1.29, 1.82) is 0 Å². The lowest BCUT2D eigenvalue weighted by molar-refractivity contribution is -0.0366. The molecule has 2 aromatic carbocycles. The minimum Gasteiger partial charge on any atom is -0.388 e. The van der Waals surface area contributed by atoms with Gasteiger partial charge in [0, 0.05) is 56.7 Å². The fourth-order valence-electron chi connectivity index (χ4n) is 5.57. The van der Waals surface area contributed by atoms with E-state index >= 15 is 0 Å². The van der Waals surface area contributed by atoms with Crippen molar-refractivity contribution >= 4 is 11.0 Å². The Balaban J connectivity index is 1.14. The first-order valence-corrected chi connectivity index (χ1v) is 13.7. The smallest absolute Gasteiger partial charge is 0.281 e. The minimum atomic E-state index is -1.07. The Morgan fingerprint density at radius 3 is 2.37 bits per heavy atom. The van der Waals surface area contributed by atoms with Crippen molar-refractivity contribution in [3.8, 4) is 22.4 Å². The average molecular weight is 554 g/mol. The molecule has 3 N–H and O–H groups in total. The normalized spacial score (nSPS) is 15.4. The van der Waals surface area contributed by atoms with E-state index in [4.69, 9.17) is 5.73 Å². The number of nitrogens with zero attached hydrogens (tertiary/aromatic N) is 6. The number of likely N-dealkylation sites (tertiary alicyclic amines) is 1. The summed E-state index contributed by atoms with van der Waals surface area (Å²) >= 11 is 0. The van der Waals surface area contributed by atoms with E-state index < -0.39 is 5.60 Å². The Hall–Kier alpha value is -4.25. The molecular weight excluding hydrogens is 521 g/mol. The Kier molecular flexibility index (Phi) is 7.21. The Morgan fingerprint density at radius 2 is 1.68 bits per heavy atom. The monoisotopic (exact) mass is 553 g/mol. The summed E-state index contributed by atoms with van der Waals surface area (Å²) in [5.74, 6) is -0.254. The van der Waals surface area contributed by atoms with E-state index in [-0.39, 0.29) is 23.4 Å². The zero-order valence-corrected chi connectivity index (χ0v) is 22.9. The van der Waals surface area contributed by atoms with Gasteiger partial charge in [-0.25, -0.2) is 9.37 Å². The van der Waals surface area contributed by atoms with Gasteiger partial charge in [-0.05, 0) is 47.7 Å². The van der Waals surface area contributed by atoms with Gasteiger partial charge in [0.2, 0.25) is 0 Å². The van der Waals surface area contributed by atoms with Gasteiger partial charge in [-0.2, -0.15) is 5.10 Å². The summed E-state index contributed by atoms with van der Waals surface area (Å²) in [6, 6.07) is 16.8. The van der Waals surface area contributed by atoms with Gasteiger partial charge in [-0.3, -0.25) is 23.9 Å². The summed E-state index contributed by atoms with van der Waals surface area (Å²) in [5.41, 5.74) is 10.1. The van der Waals surface area contributed by atoms with Crippen LogP contribution < -0.4 is 11.3 Å². The molecule has 0 atom stereocenters. The van der Waals surface area contributed by atoms with Gasteiger partial charge in [-0.15, -0.1) is 0 Å². The van der Waals surface area contributed by atoms with E-state index in [1.807, 2.05) is 48.5 Å². The number of pyridine rings is 1. The number of aliphatic hydroxyl groups is 1. The van der Waals surface area contributed by atoms with Gasteiger partial charge in [0.15, 0.2) is 5.52 Å². The molecule has 0 bridgehead atoms. The molecule has 0 spiro atoms. The number of hydrogen-bond acceptors (Lipinski definition) is 7. The summed E-state index contributed by atoms with van der Waals surface area (Å²) in [5, 5.41) is 15.8. The van der Waals surface area contributed by atoms with E-state index in [1.165, 1.54) is 10.9 Å². The third kappa shape index (κ3) is 5.41. The molecule has 210 valence electrons. The molecule has 10 heteroatoms. The topological polar surface area (TPSA) is 115 Å². The molecule has 1 aliphatic heterocycles. The lowest BCUT2D eigenvalue weighted by Gasteiger charge is -2.38. The maximum atomic E-state index is 14.9. The first kappa shape index (κ1) is 26.9. The van der Waals surface area contributed by atoms with Gasteiger partial charge in [0.25, 0.3) is 5.56 Å². The second-order valence-electron chi connectivity index (χ2n) is 10.8. The maximum absolute atomic E-state index is 14.9. The SMILES string of the molecule is Cn1nc2c(=O)n(CC3(O)CCN(Cc4ccc(-c5ccncc5)cc4F)CC3)cnc2c1-c1ccc(CN)cc1. The van der Waals surface area contributed by atoms with E-state index in [0.29, 0.717) is 50.1 Å². The van der Waals surface area contributed by atoms with Crippen LogP contribution in [0, 0.1) is 5.82 Å². The molecule has 0 amide bonds. The second kappa shape index (κ2) is 11.0. The fraction of sp³-hybridized carbons (Fsp3) is 0.290. The Labute approximate surface area is 236 Å². The number of rotatable bonds is 7. The molecule has 3 aromatic heterocycles. The Morgan fingerprint density at radius 1 is 0.976 bits per heavy atom. The summed E-state index contributed by atoms with van der Waals surface area (Å²) in [4.78, 5) is 24.1. The molecule has 1 fully saturated rings. The third-order valence-electron chi connectivity index (χ3n) is 7.99. The summed E-state index contributed by atoms with van der Waals surface area (Å²) in [7, 11) is 1.79. The van der Waals surface area contributed by atoms with E-state index in [1.54, 1.807) is 30.2 Å². The van der Waals surface area contributed by atoms with Crippen molar-refractivity contribution < 1.29 is 9.50 Å². The van der Waals surface area contributed by atoms with Gasteiger partial charge in [0.1, 0.15) is 11.3 Å². The number of fused-ring (bicyclic) bond motifs is 1. The van der Waals surface area contributed by atoms with Crippen LogP contribution in [-0.2, 0) is 26.7 Å². The molecular formula is C31H32FN7O2. The van der Waals surface area contributed by atoms with Crippen LogP contribution in [0.1, 0.15) is 24.0 Å². The van der Waals surface area contributed by atoms with Crippen molar-refractivity contribution in [2.45, 2.75) is 38.1 Å². The van der Waals surface area contributed by atoms with E-state index in [9.17, 15) is 14.3 Å². The molecule has 0 aliphatic carbocycles. The van der Waals surface area contributed by atoms with Gasteiger partial charge < -0.3 is 10.8 Å². The maximum Gasteiger partial charge on any atom is 0.281 e. The number of piperidine rings is 1. The number of nitrogens with two attached hydrogens (primary N) is 1. The quantitative estimate of drug-likeness (QED) is 0.317. The number of aromatic nitrogens is 5. The third-order valence-corrected chi connectivity index (χ3v) is 7.99. The summed E-state index contributed by atoms with van der Waals surface area (Å²) < 4.78 is 18.0. The van der Waals surface area contributed by atoms with Crippen LogP contribution in [0.25, 0.3) is 33.4 Å². The van der Waals surface area contributed by atoms with Crippen molar-refractivity contribution in [3.05, 3.63) is 101 Å². The van der Waals surface area contributed by atoms with Crippen molar-refractivity contribution in [3.63, 3.8) is 0 Å². The van der Waals surface area contributed by atoms with Crippen LogP contribution in [0.2, 0.25) is 0 Å². The second-order valence-corrected chi connectivity index (χ2v) is 10.8. The minimum absolute atomic E-state index is 0.120. The highest BCUT2D eigenvalue weighted by molar-refractivity contribution is 5.89. The molecule has 0 unspecified atom stereocenters. The van der Waals surface area contributed by atoms with Crippen LogP contribution in [0.3, 0.4) is 0 Å². The van der Waals surface area contributed by atoms with Crippen molar-refractivity contribution in [2.75, 3.05) is 13.1 Å². The molecule has 6 rings (SSSR count). The van der Waals surface area contributed by atoms with Crippen molar-refractivity contribution in [1.82, 2.24) is 29.2 Å². The van der Waals surface area contributed by atoms with E-state index in [0.717, 1.165) is 27.9 Å². The molecule has 1 aliphatic rings. The number of halogens is 1. The number of aryl methyl sites for hydroxylation is 1. The number of benzene rings is 2. The lowest BCUT2D eigenvalue weighted by atomic mass is 9.91. The molecule has 0 saturated carbocycles. The molecule has 1 saturated heterocycles. The standard InChI is InChI=1S/C31H32FN7O2/c1-37-29(23-4-2-21(17-33)3-5-23)27-28(36-37)30(40)39(20-35-27)19-31(41)10-14-38(15-11-31)18-25-7-6-24(16-26(25)32)22-8-12-34-13-9-22/h2-9,12-13,16,20,41H,10-11,14-15,17-19,33H2,1H3. The average Bonchev–Trinajstić information content (AvgIpc) is 3.34. The molecule has 9 nitrogen and oxygen atoms in total. The zero-order chi connectivity index (χ0) is 28.6. The van der Waals surface area contributed by atoms with Crippen LogP contribution in [0.4, 0.5) is 4.39 Å². The fourth-order valence-corrected chi connectivity index (χ4v) is 5.57. The van der Waals surface area contributed by atoms with Crippen molar-refractivity contribution in [2.24, 2.45) is 12.8 Å². The zero-order valence-electron chi connectivity index (χ0n) is 22.9. The van der Waals surface area contributed by atoms with Crippen LogP contribution in [0.5, 0.6) is 0 Å². The largest absolute Gasteiger partial charge is 0.388 e. The summed E-state index contributed by atoms with van der Waals surface area (Å²) in [6.07, 6.45) is 5.78. The molecule has 5 aromatic rings.